The van der Waals surface area contributed by atoms with Crippen molar-refractivity contribution in [2.24, 2.45) is 0 Å². The summed E-state index contributed by atoms with van der Waals surface area (Å²) in [5.74, 6) is 3.09. The van der Waals surface area contributed by atoms with Gasteiger partial charge in [-0.25, -0.2) is 5.43 Å². The zero-order chi connectivity index (χ0) is 12.8. The van der Waals surface area contributed by atoms with Gasteiger partial charge >= 0.3 is 7.12 Å². The summed E-state index contributed by atoms with van der Waals surface area (Å²) in [5.41, 5.74) is 3.26. The van der Waals surface area contributed by atoms with Crippen LogP contribution in [0.5, 0.6) is 0 Å². The predicted octanol–water partition coefficient (Wildman–Crippen LogP) is 0.519. The Morgan fingerprint density at radius 2 is 2.50 bits per heavy atom. The van der Waals surface area contributed by atoms with Crippen molar-refractivity contribution < 1.29 is 0 Å². The molecule has 1 aliphatic heterocycles. The molecule has 0 aliphatic carbocycles. The third-order valence-corrected chi connectivity index (χ3v) is 2.55. The molecule has 5 nitrogen and oxygen atoms in total. The van der Waals surface area contributed by atoms with Crippen molar-refractivity contribution in [3.63, 3.8) is 0 Å². The Labute approximate surface area is 108 Å². The van der Waals surface area contributed by atoms with Gasteiger partial charge in [-0.05, 0) is 25.4 Å². The van der Waals surface area contributed by atoms with Crippen molar-refractivity contribution in [1.29, 1.82) is 0 Å². The first-order valence-electron chi connectivity index (χ1n) is 5.84. The van der Waals surface area contributed by atoms with Gasteiger partial charge in [0.05, 0.1) is 0 Å². The highest BCUT2D eigenvalue weighted by atomic mass is 15.5. The van der Waals surface area contributed by atoms with E-state index in [9.17, 15) is 0 Å². The Bertz CT molecular complexity index is 470. The van der Waals surface area contributed by atoms with Crippen molar-refractivity contribution in [2.75, 3.05) is 13.6 Å². The molecule has 0 atom stereocenters. The summed E-state index contributed by atoms with van der Waals surface area (Å²) in [6, 6.07) is 4.97. The van der Waals surface area contributed by atoms with E-state index in [2.05, 4.69) is 29.1 Å². The van der Waals surface area contributed by atoms with Crippen LogP contribution in [0.4, 0.5) is 0 Å². The lowest BCUT2D eigenvalue weighted by molar-refractivity contribution is 0.387. The normalized spacial score (nSPS) is 14.2. The van der Waals surface area contributed by atoms with Crippen molar-refractivity contribution in [2.45, 2.75) is 6.42 Å². The van der Waals surface area contributed by atoms with Crippen LogP contribution in [0.3, 0.4) is 0 Å². The number of hydrogen-bond acceptors (Lipinski definition) is 4. The lowest BCUT2D eigenvalue weighted by atomic mass is 9.90. The van der Waals surface area contributed by atoms with Crippen molar-refractivity contribution >= 4 is 7.12 Å². The van der Waals surface area contributed by atoms with Gasteiger partial charge in [-0.15, -0.1) is 0 Å². The summed E-state index contributed by atoms with van der Waals surface area (Å²) in [6.45, 7) is 4.53. The van der Waals surface area contributed by atoms with E-state index in [0.29, 0.717) is 0 Å². The number of nitrogens with one attached hydrogen (secondary N) is 1. The maximum atomic E-state index is 4.29. The molecule has 1 aromatic rings. The summed E-state index contributed by atoms with van der Waals surface area (Å²) in [4.78, 5) is 3.88. The van der Waals surface area contributed by atoms with Crippen molar-refractivity contribution in [3.8, 4) is 12.0 Å². The third-order valence-electron chi connectivity index (χ3n) is 2.55. The molecule has 0 bridgehead atoms. The molecule has 0 spiro atoms. The van der Waals surface area contributed by atoms with E-state index in [1.165, 1.54) is 0 Å². The fraction of sp³-hybridized carbons (Fsp3) is 0.250. The fourth-order valence-electron chi connectivity index (χ4n) is 1.74. The first-order chi connectivity index (χ1) is 8.83. The Morgan fingerprint density at radius 3 is 3.11 bits per heavy atom. The van der Waals surface area contributed by atoms with E-state index >= 15 is 0 Å². The van der Waals surface area contributed by atoms with E-state index < -0.39 is 0 Å². The van der Waals surface area contributed by atoms with Gasteiger partial charge in [0.25, 0.3) is 0 Å². The SMILES string of the molecule is C=C/C=C\N(C)B(N1C#CCCN1)n1cccn1. The summed E-state index contributed by atoms with van der Waals surface area (Å²) >= 11 is 0. The largest absolute Gasteiger partial charge is 0.548 e. The van der Waals surface area contributed by atoms with Crippen molar-refractivity contribution in [1.82, 2.24) is 24.8 Å². The molecule has 2 heterocycles. The minimum absolute atomic E-state index is 0.121. The van der Waals surface area contributed by atoms with Gasteiger partial charge in [-0.3, -0.25) is 9.51 Å². The second kappa shape index (κ2) is 5.98. The van der Waals surface area contributed by atoms with Crippen LogP contribution < -0.4 is 5.43 Å². The second-order valence-corrected chi connectivity index (χ2v) is 3.89. The molecule has 1 N–H and O–H groups in total. The molecule has 0 radical (unpaired) electrons. The smallest absolute Gasteiger partial charge is 0.382 e. The quantitative estimate of drug-likeness (QED) is 0.463. The molecule has 0 aromatic carbocycles. The molecule has 6 heteroatoms. The van der Waals surface area contributed by atoms with E-state index in [0.717, 1.165) is 13.0 Å². The molecule has 0 amide bonds. The molecule has 0 unspecified atom stereocenters. The van der Waals surface area contributed by atoms with Crippen LogP contribution in [0.2, 0.25) is 0 Å². The number of hydrogen-bond donors (Lipinski definition) is 1. The average molecular weight is 241 g/mol. The molecule has 1 aromatic heterocycles. The van der Waals surface area contributed by atoms with Gasteiger partial charge in [0.1, 0.15) is 0 Å². The van der Waals surface area contributed by atoms with Crippen LogP contribution in [0.25, 0.3) is 0 Å². The van der Waals surface area contributed by atoms with Gasteiger partial charge in [0.15, 0.2) is 0 Å². The zero-order valence-electron chi connectivity index (χ0n) is 10.5. The van der Waals surface area contributed by atoms with Crippen LogP contribution in [0.1, 0.15) is 6.42 Å². The van der Waals surface area contributed by atoms with E-state index in [-0.39, 0.29) is 7.12 Å². The molecule has 0 fully saturated rings. The molecule has 2 rings (SSSR count). The first-order valence-corrected chi connectivity index (χ1v) is 5.84. The van der Waals surface area contributed by atoms with Crippen LogP contribution in [-0.4, -0.2) is 40.1 Å². The fourth-order valence-corrected chi connectivity index (χ4v) is 1.74. The maximum absolute atomic E-state index is 4.29. The minimum atomic E-state index is -0.121. The van der Waals surface area contributed by atoms with E-state index in [1.807, 2.05) is 45.9 Å². The van der Waals surface area contributed by atoms with Crippen LogP contribution in [-0.2, 0) is 0 Å². The number of hydrazine groups is 1. The number of nitrogens with zero attached hydrogens (tertiary/aromatic N) is 4. The lowest BCUT2D eigenvalue weighted by Crippen LogP contribution is -2.58. The molecule has 92 valence electrons. The monoisotopic (exact) mass is 241 g/mol. The maximum Gasteiger partial charge on any atom is 0.548 e. The van der Waals surface area contributed by atoms with Crippen LogP contribution in [0.15, 0.2) is 43.4 Å². The van der Waals surface area contributed by atoms with Gasteiger partial charge in [0.2, 0.25) is 0 Å². The molecular weight excluding hydrogens is 225 g/mol. The Balaban J connectivity index is 2.24. The summed E-state index contributed by atoms with van der Waals surface area (Å²) in [6.07, 6.45) is 10.1. The highest BCUT2D eigenvalue weighted by Gasteiger charge is 2.31. The molecule has 1 aliphatic rings. The Kier molecular flexibility index (Phi) is 4.10. The van der Waals surface area contributed by atoms with Gasteiger partial charge in [0, 0.05) is 31.4 Å². The Hall–Kier alpha value is -2.13. The van der Waals surface area contributed by atoms with Crippen molar-refractivity contribution in [3.05, 3.63) is 43.4 Å². The third kappa shape index (κ3) is 2.76. The first kappa shape index (κ1) is 12.3. The lowest BCUT2D eigenvalue weighted by Gasteiger charge is -2.31. The van der Waals surface area contributed by atoms with E-state index in [1.54, 1.807) is 12.3 Å². The minimum Gasteiger partial charge on any atom is -0.382 e. The predicted molar refractivity (Wildman–Crippen MR) is 72.7 cm³/mol. The van der Waals surface area contributed by atoms with E-state index in [4.69, 9.17) is 0 Å². The zero-order valence-corrected chi connectivity index (χ0v) is 10.5. The van der Waals surface area contributed by atoms with Gasteiger partial charge in [-0.2, -0.15) is 5.10 Å². The highest BCUT2D eigenvalue weighted by Crippen LogP contribution is 2.02. The van der Waals surface area contributed by atoms with Crippen LogP contribution in [0, 0.1) is 12.0 Å². The summed E-state index contributed by atoms with van der Waals surface area (Å²) < 4.78 is 1.85. The number of rotatable bonds is 5. The number of allylic oxidation sites excluding steroid dienone is 2. The Morgan fingerprint density at radius 1 is 1.61 bits per heavy atom. The second-order valence-electron chi connectivity index (χ2n) is 3.89. The van der Waals surface area contributed by atoms with Crippen LogP contribution >= 0.6 is 0 Å². The number of aromatic nitrogens is 2. The molecular formula is C12H16BN5. The molecule has 0 saturated heterocycles. The highest BCUT2D eigenvalue weighted by molar-refractivity contribution is 6.51. The summed E-state index contributed by atoms with van der Waals surface area (Å²) in [5, 5.41) is 4.29. The van der Waals surface area contributed by atoms with Gasteiger partial charge < -0.3 is 4.81 Å². The molecule has 18 heavy (non-hydrogen) atoms. The average Bonchev–Trinajstić information content (AvgIpc) is 2.92. The standard InChI is InChI=1S/C12H16BN5/c1-3-4-10-16(2)13(18-12-7-9-15-18)17-11-6-5-8-14-17/h3-4,7,9-10,12,14H,1,5,8H2,2H3/b10-4-. The topological polar surface area (TPSA) is 36.3 Å². The van der Waals surface area contributed by atoms with Gasteiger partial charge in [-0.1, -0.05) is 18.6 Å². The summed E-state index contributed by atoms with van der Waals surface area (Å²) in [7, 11) is 1.86. The molecule has 0 saturated carbocycles.